The first-order valence-electron chi connectivity index (χ1n) is 9.29. The molecule has 1 amide bonds. The Bertz CT molecular complexity index is 1010. The smallest absolute Gasteiger partial charge is 0.255 e. The van der Waals surface area contributed by atoms with Gasteiger partial charge in [-0.05, 0) is 50.1 Å². The second kappa shape index (κ2) is 7.44. The van der Waals surface area contributed by atoms with E-state index < -0.39 is 15.9 Å². The summed E-state index contributed by atoms with van der Waals surface area (Å²) < 4.78 is 38.3. The number of fused-ring (bicyclic) bond motifs is 1. The Hall–Kier alpha value is -2.58. The molecule has 2 aliphatic heterocycles. The number of ether oxygens (including phenoxy) is 2. The lowest BCUT2D eigenvalue weighted by atomic mass is 10.1. The molecular weight excluding hydrogens is 380 g/mol. The number of para-hydroxylation sites is 1. The Kier molecular flexibility index (Phi) is 4.99. The van der Waals surface area contributed by atoms with Gasteiger partial charge in [-0.3, -0.25) is 4.79 Å². The Balaban J connectivity index is 1.59. The van der Waals surface area contributed by atoms with Crippen molar-refractivity contribution in [1.82, 2.24) is 4.31 Å². The quantitative estimate of drug-likeness (QED) is 0.849. The maximum absolute atomic E-state index is 13.0. The number of anilines is 1. The first-order valence-corrected chi connectivity index (χ1v) is 10.7. The van der Waals surface area contributed by atoms with E-state index in [0.29, 0.717) is 23.7 Å². The third-order valence-corrected chi connectivity index (χ3v) is 7.10. The van der Waals surface area contributed by atoms with Gasteiger partial charge in [-0.1, -0.05) is 18.6 Å². The van der Waals surface area contributed by atoms with Crippen LogP contribution in [0.5, 0.6) is 11.5 Å². The summed E-state index contributed by atoms with van der Waals surface area (Å²) in [6, 6.07) is 11.3. The number of hydrogen-bond donors (Lipinski definition) is 1. The van der Waals surface area contributed by atoms with Crippen LogP contribution < -0.4 is 14.8 Å². The largest absolute Gasteiger partial charge is 0.454 e. The molecule has 1 fully saturated rings. The highest BCUT2D eigenvalue weighted by Crippen LogP contribution is 2.39. The highest BCUT2D eigenvalue weighted by atomic mass is 32.2. The summed E-state index contributed by atoms with van der Waals surface area (Å²) in [5, 5.41) is 2.77. The highest BCUT2D eigenvalue weighted by molar-refractivity contribution is 7.89. The van der Waals surface area contributed by atoms with E-state index >= 15 is 0 Å². The fourth-order valence-corrected chi connectivity index (χ4v) is 5.33. The van der Waals surface area contributed by atoms with Crippen molar-refractivity contribution in [1.29, 1.82) is 0 Å². The number of carbonyl (C=O) groups is 1. The lowest BCUT2D eigenvalue weighted by molar-refractivity contribution is 0.102. The number of carbonyl (C=O) groups excluding carboxylic acids is 1. The van der Waals surface area contributed by atoms with Crippen LogP contribution in [0.4, 0.5) is 5.69 Å². The maximum Gasteiger partial charge on any atom is 0.255 e. The second-order valence-electron chi connectivity index (χ2n) is 6.98. The molecule has 28 heavy (non-hydrogen) atoms. The van der Waals surface area contributed by atoms with Crippen LogP contribution in [0, 0.1) is 0 Å². The first-order chi connectivity index (χ1) is 13.5. The zero-order chi connectivity index (χ0) is 19.7. The minimum Gasteiger partial charge on any atom is -0.454 e. The number of sulfonamides is 1. The third-order valence-electron chi connectivity index (χ3n) is 5.09. The van der Waals surface area contributed by atoms with E-state index in [9.17, 15) is 13.2 Å². The van der Waals surface area contributed by atoms with Gasteiger partial charge in [0, 0.05) is 18.2 Å². The third kappa shape index (κ3) is 3.45. The Morgan fingerprint density at radius 2 is 1.96 bits per heavy atom. The number of benzene rings is 2. The molecule has 2 heterocycles. The second-order valence-corrected chi connectivity index (χ2v) is 8.87. The van der Waals surface area contributed by atoms with E-state index in [1.165, 1.54) is 16.4 Å². The van der Waals surface area contributed by atoms with Crippen molar-refractivity contribution in [3.63, 3.8) is 0 Å². The van der Waals surface area contributed by atoms with Gasteiger partial charge < -0.3 is 14.8 Å². The molecule has 0 spiro atoms. The number of nitrogens with zero attached hydrogens (tertiary/aromatic N) is 1. The van der Waals surface area contributed by atoms with Crippen LogP contribution in [0.2, 0.25) is 0 Å². The van der Waals surface area contributed by atoms with Crippen LogP contribution in [0.1, 0.15) is 36.5 Å². The fraction of sp³-hybridized carbons (Fsp3) is 0.350. The maximum atomic E-state index is 13.0. The average Bonchev–Trinajstić information content (AvgIpc) is 3.18. The summed E-state index contributed by atoms with van der Waals surface area (Å²) in [4.78, 5) is 12.8. The molecule has 2 aromatic carbocycles. The van der Waals surface area contributed by atoms with Gasteiger partial charge in [0.25, 0.3) is 5.91 Å². The normalized spacial score (nSPS) is 19.4. The number of rotatable bonds is 4. The zero-order valence-corrected chi connectivity index (χ0v) is 16.4. The standard InChI is InChI=1S/C20H22N2O5S/c1-14-6-2-3-11-22(14)28(24,25)16-8-4-7-15(12-16)20(23)21-17-9-5-10-18-19(17)27-13-26-18/h4-5,7-10,12,14H,2-3,6,11,13H2,1H3,(H,21,23). The number of nitrogens with one attached hydrogen (secondary N) is 1. The minimum atomic E-state index is -3.64. The summed E-state index contributed by atoms with van der Waals surface area (Å²) in [5.41, 5.74) is 0.750. The molecule has 1 unspecified atom stereocenters. The van der Waals surface area contributed by atoms with Crippen molar-refractivity contribution in [3.8, 4) is 11.5 Å². The molecule has 0 aromatic heterocycles. The van der Waals surface area contributed by atoms with E-state index in [4.69, 9.17) is 9.47 Å². The molecular formula is C20H22N2O5S. The van der Waals surface area contributed by atoms with Gasteiger partial charge in [-0.25, -0.2) is 8.42 Å². The van der Waals surface area contributed by atoms with Crippen molar-refractivity contribution < 1.29 is 22.7 Å². The molecule has 1 saturated heterocycles. The van der Waals surface area contributed by atoms with Crippen LogP contribution in [0.25, 0.3) is 0 Å². The first kappa shape index (κ1) is 18.8. The van der Waals surface area contributed by atoms with Gasteiger partial charge in [0.15, 0.2) is 11.5 Å². The van der Waals surface area contributed by atoms with Gasteiger partial charge in [0.2, 0.25) is 16.8 Å². The summed E-state index contributed by atoms with van der Waals surface area (Å²) >= 11 is 0. The molecule has 0 bridgehead atoms. The molecule has 0 radical (unpaired) electrons. The Labute approximate surface area is 164 Å². The van der Waals surface area contributed by atoms with Crippen LogP contribution in [-0.4, -0.2) is 38.0 Å². The molecule has 1 N–H and O–H groups in total. The van der Waals surface area contributed by atoms with Gasteiger partial charge in [0.1, 0.15) is 0 Å². The molecule has 2 aliphatic rings. The highest BCUT2D eigenvalue weighted by Gasteiger charge is 2.31. The molecule has 2 aromatic rings. The molecule has 8 heteroatoms. The Morgan fingerprint density at radius 1 is 1.14 bits per heavy atom. The molecule has 148 valence electrons. The van der Waals surface area contributed by atoms with Gasteiger partial charge >= 0.3 is 0 Å². The summed E-state index contributed by atoms with van der Waals surface area (Å²) in [6.07, 6.45) is 2.73. The lowest BCUT2D eigenvalue weighted by Crippen LogP contribution is -2.41. The summed E-state index contributed by atoms with van der Waals surface area (Å²) in [5.74, 6) is 0.627. The predicted molar refractivity (Wildman–Crippen MR) is 104 cm³/mol. The van der Waals surface area contributed by atoms with Crippen molar-refractivity contribution in [3.05, 3.63) is 48.0 Å². The number of amides is 1. The molecule has 4 rings (SSSR count). The Morgan fingerprint density at radius 3 is 2.79 bits per heavy atom. The van der Waals surface area contributed by atoms with Crippen LogP contribution in [0.15, 0.2) is 47.4 Å². The van der Waals surface area contributed by atoms with E-state index in [0.717, 1.165) is 19.3 Å². The molecule has 0 saturated carbocycles. The van der Waals surface area contributed by atoms with Gasteiger partial charge in [0.05, 0.1) is 10.6 Å². The lowest BCUT2D eigenvalue weighted by Gasteiger charge is -2.32. The average molecular weight is 402 g/mol. The zero-order valence-electron chi connectivity index (χ0n) is 15.6. The molecule has 1 atom stereocenters. The SMILES string of the molecule is CC1CCCCN1S(=O)(=O)c1cccc(C(=O)Nc2cccc3c2OCO3)c1. The molecule has 0 aliphatic carbocycles. The monoisotopic (exact) mass is 402 g/mol. The predicted octanol–water partition coefficient (Wildman–Crippen LogP) is 3.23. The van der Waals surface area contributed by atoms with Crippen molar-refractivity contribution in [2.75, 3.05) is 18.7 Å². The van der Waals surface area contributed by atoms with Gasteiger partial charge in [-0.15, -0.1) is 0 Å². The van der Waals surface area contributed by atoms with Crippen molar-refractivity contribution in [2.24, 2.45) is 0 Å². The summed E-state index contributed by atoms with van der Waals surface area (Å²) in [6.45, 7) is 2.53. The van der Waals surface area contributed by atoms with Gasteiger partial charge in [-0.2, -0.15) is 4.31 Å². The number of piperidine rings is 1. The minimum absolute atomic E-state index is 0.0414. The molecule has 7 nitrogen and oxygen atoms in total. The van der Waals surface area contributed by atoms with E-state index in [1.807, 2.05) is 6.92 Å². The van der Waals surface area contributed by atoms with E-state index in [-0.39, 0.29) is 23.3 Å². The van der Waals surface area contributed by atoms with Crippen LogP contribution in [0.3, 0.4) is 0 Å². The summed E-state index contributed by atoms with van der Waals surface area (Å²) in [7, 11) is -3.64. The van der Waals surface area contributed by atoms with Crippen molar-refractivity contribution in [2.45, 2.75) is 37.1 Å². The van der Waals surface area contributed by atoms with Crippen LogP contribution >= 0.6 is 0 Å². The van der Waals surface area contributed by atoms with Crippen LogP contribution in [-0.2, 0) is 10.0 Å². The van der Waals surface area contributed by atoms with E-state index in [1.54, 1.807) is 30.3 Å². The fourth-order valence-electron chi connectivity index (χ4n) is 3.59. The van der Waals surface area contributed by atoms with Crippen molar-refractivity contribution >= 4 is 21.6 Å². The van der Waals surface area contributed by atoms with E-state index in [2.05, 4.69) is 5.32 Å². The number of hydrogen-bond acceptors (Lipinski definition) is 5. The topological polar surface area (TPSA) is 84.9 Å².